The first-order chi connectivity index (χ1) is 10.2. The second-order valence-corrected chi connectivity index (χ2v) is 4.74. The number of aliphatic imine (C=N–C) groups is 1. The van der Waals surface area contributed by atoms with Crippen molar-refractivity contribution in [1.29, 1.82) is 0 Å². The summed E-state index contributed by atoms with van der Waals surface area (Å²) in [7, 11) is 3.36. The molecule has 0 atom stereocenters. The second-order valence-electron chi connectivity index (χ2n) is 4.74. The van der Waals surface area contributed by atoms with E-state index in [-0.39, 0.29) is 12.5 Å². The van der Waals surface area contributed by atoms with E-state index in [0.717, 1.165) is 38.0 Å². The highest BCUT2D eigenvalue weighted by atomic mass is 16.1. The normalized spacial score (nSPS) is 15.8. The number of pyridine rings is 1. The molecule has 0 saturated carbocycles. The van der Waals surface area contributed by atoms with E-state index in [0.29, 0.717) is 0 Å². The number of guanidine groups is 1. The summed E-state index contributed by atoms with van der Waals surface area (Å²) >= 11 is 0. The van der Waals surface area contributed by atoms with Gasteiger partial charge in [0.05, 0.1) is 6.54 Å². The Balaban J connectivity index is 1.86. The van der Waals surface area contributed by atoms with Gasteiger partial charge in [0.2, 0.25) is 5.91 Å². The van der Waals surface area contributed by atoms with Crippen LogP contribution in [0.1, 0.15) is 0 Å². The minimum Gasteiger partial charge on any atom is -0.358 e. The third kappa shape index (κ3) is 4.08. The summed E-state index contributed by atoms with van der Waals surface area (Å²) in [6.07, 6.45) is 1.81. The summed E-state index contributed by atoms with van der Waals surface area (Å²) in [5, 5.41) is 5.66. The highest BCUT2D eigenvalue weighted by Crippen LogP contribution is 2.12. The van der Waals surface area contributed by atoms with E-state index in [4.69, 9.17) is 0 Å². The quantitative estimate of drug-likeness (QED) is 0.581. The van der Waals surface area contributed by atoms with Gasteiger partial charge >= 0.3 is 0 Å². The van der Waals surface area contributed by atoms with E-state index in [1.54, 1.807) is 14.1 Å². The van der Waals surface area contributed by atoms with Crippen LogP contribution in [0.4, 0.5) is 5.82 Å². The van der Waals surface area contributed by atoms with Crippen molar-refractivity contribution in [2.45, 2.75) is 0 Å². The Labute approximate surface area is 125 Å². The Morgan fingerprint density at radius 3 is 2.67 bits per heavy atom. The molecule has 2 N–H and O–H groups in total. The summed E-state index contributed by atoms with van der Waals surface area (Å²) in [5.74, 6) is 1.72. The molecule has 21 heavy (non-hydrogen) atoms. The zero-order valence-electron chi connectivity index (χ0n) is 12.5. The lowest BCUT2D eigenvalue weighted by atomic mass is 10.3. The van der Waals surface area contributed by atoms with Crippen molar-refractivity contribution in [2.24, 2.45) is 4.99 Å². The maximum absolute atomic E-state index is 11.3. The number of nitrogens with one attached hydrogen (secondary N) is 2. The van der Waals surface area contributed by atoms with Gasteiger partial charge in [0.15, 0.2) is 5.96 Å². The SMILES string of the molecule is CN=C(NCC(=O)NC)N1CCN(c2ccccn2)CC1. The maximum atomic E-state index is 11.3. The largest absolute Gasteiger partial charge is 0.358 e. The molecule has 114 valence electrons. The zero-order chi connectivity index (χ0) is 15.1. The fourth-order valence-corrected chi connectivity index (χ4v) is 2.27. The molecular weight excluding hydrogens is 268 g/mol. The lowest BCUT2D eigenvalue weighted by Gasteiger charge is -2.37. The monoisotopic (exact) mass is 290 g/mol. The van der Waals surface area contributed by atoms with Crippen LogP contribution in [0.25, 0.3) is 0 Å². The molecule has 1 fully saturated rings. The summed E-state index contributed by atoms with van der Waals surface area (Å²) in [4.78, 5) is 24.3. The van der Waals surface area contributed by atoms with Gasteiger partial charge < -0.3 is 20.4 Å². The molecule has 1 aromatic rings. The first-order valence-electron chi connectivity index (χ1n) is 7.06. The van der Waals surface area contributed by atoms with Crippen LogP contribution in [0, 0.1) is 0 Å². The van der Waals surface area contributed by atoms with Crippen LogP contribution in [0.2, 0.25) is 0 Å². The number of piperazine rings is 1. The zero-order valence-corrected chi connectivity index (χ0v) is 12.5. The van der Waals surface area contributed by atoms with Gasteiger partial charge in [-0.1, -0.05) is 6.07 Å². The van der Waals surface area contributed by atoms with Crippen LogP contribution in [0.3, 0.4) is 0 Å². The van der Waals surface area contributed by atoms with Crippen LogP contribution < -0.4 is 15.5 Å². The van der Waals surface area contributed by atoms with E-state index < -0.39 is 0 Å². The Morgan fingerprint density at radius 2 is 2.10 bits per heavy atom. The van der Waals surface area contributed by atoms with Crippen molar-refractivity contribution in [3.63, 3.8) is 0 Å². The minimum atomic E-state index is -0.0525. The molecule has 0 spiro atoms. The molecular formula is C14H22N6O. The van der Waals surface area contributed by atoms with Gasteiger partial charge in [0.1, 0.15) is 5.82 Å². The second kappa shape index (κ2) is 7.47. The van der Waals surface area contributed by atoms with Crippen LogP contribution >= 0.6 is 0 Å². The fourth-order valence-electron chi connectivity index (χ4n) is 2.27. The van der Waals surface area contributed by atoms with Gasteiger partial charge in [-0.3, -0.25) is 9.79 Å². The molecule has 1 saturated heterocycles. The van der Waals surface area contributed by atoms with Crippen molar-refractivity contribution in [3.05, 3.63) is 24.4 Å². The van der Waals surface area contributed by atoms with Crippen molar-refractivity contribution in [2.75, 3.05) is 51.7 Å². The van der Waals surface area contributed by atoms with Gasteiger partial charge in [-0.2, -0.15) is 0 Å². The molecule has 0 unspecified atom stereocenters. The van der Waals surface area contributed by atoms with Gasteiger partial charge in [-0.15, -0.1) is 0 Å². The smallest absolute Gasteiger partial charge is 0.239 e. The van der Waals surface area contributed by atoms with Crippen molar-refractivity contribution >= 4 is 17.7 Å². The highest BCUT2D eigenvalue weighted by molar-refractivity contribution is 5.86. The predicted octanol–water partition coefficient (Wildman–Crippen LogP) is -0.475. The molecule has 2 heterocycles. The number of likely N-dealkylation sites (N-methyl/N-ethyl adjacent to an activating group) is 1. The Hall–Kier alpha value is -2.31. The summed E-state index contributed by atoms with van der Waals surface area (Å²) in [6, 6.07) is 5.94. The van der Waals surface area contributed by atoms with Crippen LogP contribution in [-0.4, -0.2) is 68.6 Å². The number of nitrogens with zero attached hydrogens (tertiary/aromatic N) is 4. The van der Waals surface area contributed by atoms with E-state index >= 15 is 0 Å². The highest BCUT2D eigenvalue weighted by Gasteiger charge is 2.20. The molecule has 1 aromatic heterocycles. The standard InChI is InChI=1S/C14H22N6O/c1-15-13(21)11-18-14(16-2)20-9-7-19(8-10-20)12-5-3-4-6-17-12/h3-6H,7-11H2,1-2H3,(H,15,21)(H,16,18). The van der Waals surface area contributed by atoms with Crippen molar-refractivity contribution < 1.29 is 4.79 Å². The number of anilines is 1. The van der Waals surface area contributed by atoms with Gasteiger partial charge in [-0.25, -0.2) is 4.98 Å². The summed E-state index contributed by atoms with van der Waals surface area (Å²) < 4.78 is 0. The van der Waals surface area contributed by atoms with E-state index in [1.807, 2.05) is 24.4 Å². The number of carbonyl (C=O) groups excluding carboxylic acids is 1. The Kier molecular flexibility index (Phi) is 5.36. The van der Waals surface area contributed by atoms with E-state index in [2.05, 4.69) is 30.4 Å². The number of aromatic nitrogens is 1. The maximum Gasteiger partial charge on any atom is 0.239 e. The molecule has 1 aliphatic rings. The predicted molar refractivity (Wildman–Crippen MR) is 83.5 cm³/mol. The average Bonchev–Trinajstić information content (AvgIpc) is 2.56. The van der Waals surface area contributed by atoms with Crippen molar-refractivity contribution in [1.82, 2.24) is 20.5 Å². The molecule has 1 amide bonds. The number of carbonyl (C=O) groups is 1. The molecule has 0 bridgehead atoms. The first kappa shape index (κ1) is 15.1. The average molecular weight is 290 g/mol. The number of hydrogen-bond acceptors (Lipinski definition) is 4. The third-order valence-electron chi connectivity index (χ3n) is 3.45. The lowest BCUT2D eigenvalue weighted by Crippen LogP contribution is -2.53. The molecule has 2 rings (SSSR count). The molecule has 0 aromatic carbocycles. The van der Waals surface area contributed by atoms with E-state index in [1.165, 1.54) is 0 Å². The molecule has 1 aliphatic heterocycles. The number of rotatable bonds is 3. The van der Waals surface area contributed by atoms with Crippen LogP contribution in [-0.2, 0) is 4.79 Å². The van der Waals surface area contributed by atoms with Crippen LogP contribution in [0.15, 0.2) is 29.4 Å². The van der Waals surface area contributed by atoms with E-state index in [9.17, 15) is 4.79 Å². The fraction of sp³-hybridized carbons (Fsp3) is 0.500. The topological polar surface area (TPSA) is 72.9 Å². The third-order valence-corrected chi connectivity index (χ3v) is 3.45. The van der Waals surface area contributed by atoms with Crippen LogP contribution in [0.5, 0.6) is 0 Å². The minimum absolute atomic E-state index is 0.0525. The van der Waals surface area contributed by atoms with Crippen molar-refractivity contribution in [3.8, 4) is 0 Å². The van der Waals surface area contributed by atoms with Gasteiger partial charge in [0.25, 0.3) is 0 Å². The molecule has 7 nitrogen and oxygen atoms in total. The summed E-state index contributed by atoms with van der Waals surface area (Å²) in [5.41, 5.74) is 0. The number of amides is 1. The molecule has 0 aliphatic carbocycles. The molecule has 7 heteroatoms. The first-order valence-corrected chi connectivity index (χ1v) is 7.06. The van der Waals surface area contributed by atoms with Gasteiger partial charge in [-0.05, 0) is 12.1 Å². The Morgan fingerprint density at radius 1 is 1.33 bits per heavy atom. The molecule has 0 radical (unpaired) electrons. The summed E-state index contributed by atoms with van der Waals surface area (Å²) in [6.45, 7) is 3.72. The Bertz CT molecular complexity index is 481. The number of hydrogen-bond donors (Lipinski definition) is 2. The van der Waals surface area contributed by atoms with Gasteiger partial charge in [0, 0.05) is 46.5 Å². The lowest BCUT2D eigenvalue weighted by molar-refractivity contribution is -0.119.